The van der Waals surface area contributed by atoms with E-state index in [0.717, 1.165) is 43.0 Å². The highest BCUT2D eigenvalue weighted by Crippen LogP contribution is 2.39. The summed E-state index contributed by atoms with van der Waals surface area (Å²) in [5.41, 5.74) is 2.22. The summed E-state index contributed by atoms with van der Waals surface area (Å²) in [5, 5.41) is 9.14. The number of cyclic esters (lactones) is 1. The van der Waals surface area contributed by atoms with Crippen LogP contribution in [0.2, 0.25) is 0 Å². The number of carboxylic acids is 1. The van der Waals surface area contributed by atoms with Crippen molar-refractivity contribution in [1.29, 1.82) is 0 Å². The van der Waals surface area contributed by atoms with E-state index in [1.54, 1.807) is 13.0 Å². The van der Waals surface area contributed by atoms with Crippen LogP contribution in [0.25, 0.3) is 11.1 Å². The Bertz CT molecular complexity index is 1460. The minimum Gasteiger partial charge on any atom is -0.496 e. The molecule has 1 N–H and O–H groups in total. The summed E-state index contributed by atoms with van der Waals surface area (Å²) < 4.78 is 51.2. The lowest BCUT2D eigenvalue weighted by Crippen LogP contribution is -2.38. The second-order valence-corrected chi connectivity index (χ2v) is 10.2. The molecule has 0 spiro atoms. The highest BCUT2D eigenvalue weighted by atomic mass is 19.4. The Labute approximate surface area is 235 Å². The number of aliphatic carboxylic acids is 1. The molecule has 2 saturated heterocycles. The van der Waals surface area contributed by atoms with Crippen molar-refractivity contribution in [2.24, 2.45) is 0 Å². The molecule has 5 rings (SSSR count). The zero-order valence-electron chi connectivity index (χ0n) is 22.6. The van der Waals surface area contributed by atoms with Gasteiger partial charge in [0.2, 0.25) is 0 Å². The van der Waals surface area contributed by atoms with E-state index in [1.165, 1.54) is 24.1 Å². The molecular formula is C30H30F3N3O5. The first-order valence-corrected chi connectivity index (χ1v) is 13.3. The predicted molar refractivity (Wildman–Crippen MR) is 145 cm³/mol. The van der Waals surface area contributed by atoms with E-state index in [0.29, 0.717) is 29.0 Å². The van der Waals surface area contributed by atoms with Crippen molar-refractivity contribution < 1.29 is 37.3 Å². The number of carbonyl (C=O) groups excluding carboxylic acids is 1. The molecule has 8 nitrogen and oxygen atoms in total. The van der Waals surface area contributed by atoms with E-state index >= 15 is 0 Å². The highest BCUT2D eigenvalue weighted by Gasteiger charge is 2.41. The van der Waals surface area contributed by atoms with Gasteiger partial charge in [0.05, 0.1) is 31.0 Å². The van der Waals surface area contributed by atoms with E-state index in [9.17, 15) is 22.8 Å². The Morgan fingerprint density at radius 1 is 1.12 bits per heavy atom. The van der Waals surface area contributed by atoms with Crippen LogP contribution < -0.4 is 9.64 Å². The van der Waals surface area contributed by atoms with Gasteiger partial charge in [0.1, 0.15) is 17.7 Å². The summed E-state index contributed by atoms with van der Waals surface area (Å²) >= 11 is 0. The van der Waals surface area contributed by atoms with Crippen molar-refractivity contribution >= 4 is 17.9 Å². The zero-order valence-corrected chi connectivity index (χ0v) is 22.6. The fourth-order valence-corrected chi connectivity index (χ4v) is 5.16. The fraction of sp³-hybridized carbons (Fsp3) is 0.367. The van der Waals surface area contributed by atoms with Crippen LogP contribution in [0.15, 0.2) is 54.6 Å². The van der Waals surface area contributed by atoms with Gasteiger partial charge in [-0.05, 0) is 67.3 Å². The number of nitrogens with zero attached hydrogens (tertiary/aromatic N) is 3. The molecule has 1 aromatic heterocycles. The number of aromatic nitrogens is 1. The molecule has 0 radical (unpaired) electrons. The maximum absolute atomic E-state index is 13.3. The topological polar surface area (TPSA) is 92.2 Å². The van der Waals surface area contributed by atoms with Crippen LogP contribution in [0, 0.1) is 0 Å². The van der Waals surface area contributed by atoms with Crippen molar-refractivity contribution in [2.75, 3.05) is 25.1 Å². The third kappa shape index (κ3) is 5.94. The van der Waals surface area contributed by atoms with Gasteiger partial charge >= 0.3 is 18.2 Å². The van der Waals surface area contributed by atoms with Crippen molar-refractivity contribution in [1.82, 2.24) is 9.88 Å². The van der Waals surface area contributed by atoms with Crippen molar-refractivity contribution in [2.45, 2.75) is 51.1 Å². The first-order valence-electron chi connectivity index (χ1n) is 13.3. The van der Waals surface area contributed by atoms with Gasteiger partial charge in [-0.1, -0.05) is 18.2 Å². The number of hydrogen-bond donors (Lipinski definition) is 1. The molecule has 3 heterocycles. The molecule has 0 saturated carbocycles. The first-order chi connectivity index (χ1) is 19.5. The maximum Gasteiger partial charge on any atom is 0.416 e. The van der Waals surface area contributed by atoms with Crippen LogP contribution in [0.5, 0.6) is 5.75 Å². The molecule has 0 bridgehead atoms. The van der Waals surface area contributed by atoms with Gasteiger partial charge in [0.25, 0.3) is 0 Å². The molecule has 2 aliphatic heterocycles. The minimum atomic E-state index is -4.52. The Morgan fingerprint density at radius 2 is 1.90 bits per heavy atom. The molecule has 0 aliphatic carbocycles. The second kappa shape index (κ2) is 11.3. The van der Waals surface area contributed by atoms with Crippen LogP contribution in [0.4, 0.5) is 23.8 Å². The molecule has 3 aromatic rings. The number of rotatable bonds is 9. The van der Waals surface area contributed by atoms with E-state index in [4.69, 9.17) is 19.6 Å². The number of anilines is 1. The van der Waals surface area contributed by atoms with Gasteiger partial charge in [-0.2, -0.15) is 13.2 Å². The average Bonchev–Trinajstić information content (AvgIpc) is 3.19. The van der Waals surface area contributed by atoms with E-state index in [-0.39, 0.29) is 18.5 Å². The lowest BCUT2D eigenvalue weighted by molar-refractivity contribution is -0.138. The maximum atomic E-state index is 13.3. The molecule has 41 heavy (non-hydrogen) atoms. The second-order valence-electron chi connectivity index (χ2n) is 10.2. The monoisotopic (exact) mass is 569 g/mol. The number of benzene rings is 2. The minimum absolute atomic E-state index is 0.0289. The number of pyridine rings is 1. The number of ether oxygens (including phenoxy) is 2. The normalized spacial score (nSPS) is 18.7. The predicted octanol–water partition coefficient (Wildman–Crippen LogP) is 6.09. The van der Waals surface area contributed by atoms with E-state index < -0.39 is 35.9 Å². The molecule has 1 amide bonds. The molecule has 2 unspecified atom stereocenters. The third-order valence-electron chi connectivity index (χ3n) is 7.58. The van der Waals surface area contributed by atoms with Crippen LogP contribution in [0.3, 0.4) is 0 Å². The quantitative estimate of drug-likeness (QED) is 0.334. The van der Waals surface area contributed by atoms with Crippen molar-refractivity contribution in [3.63, 3.8) is 0 Å². The number of amides is 1. The van der Waals surface area contributed by atoms with Gasteiger partial charge in [0, 0.05) is 30.6 Å². The SMILES string of the molecule is COc1ccc(CCC(=O)O)cc1-c1ccc(N2CCC2)nc1CN1C(=O)OC(c2cccc(C(F)(F)F)c2)C1C. The van der Waals surface area contributed by atoms with Crippen LogP contribution in [-0.4, -0.2) is 53.3 Å². The van der Waals surface area contributed by atoms with Crippen LogP contribution >= 0.6 is 0 Å². The summed E-state index contributed by atoms with van der Waals surface area (Å²) in [6, 6.07) is 13.5. The molecule has 2 fully saturated rings. The number of carboxylic acid groups (broad SMARTS) is 1. The summed E-state index contributed by atoms with van der Waals surface area (Å²) in [6.07, 6.45) is -4.71. The van der Waals surface area contributed by atoms with Crippen molar-refractivity contribution in [3.05, 3.63) is 77.0 Å². The molecule has 216 valence electrons. The average molecular weight is 570 g/mol. The van der Waals surface area contributed by atoms with Gasteiger partial charge in [-0.15, -0.1) is 0 Å². The first kappa shape index (κ1) is 28.3. The van der Waals surface area contributed by atoms with Gasteiger partial charge in [0.15, 0.2) is 0 Å². The Kier molecular flexibility index (Phi) is 7.79. The molecule has 2 aromatic carbocycles. The lowest BCUT2D eigenvalue weighted by Gasteiger charge is -2.33. The molecule has 11 heteroatoms. The summed E-state index contributed by atoms with van der Waals surface area (Å²) in [7, 11) is 1.54. The number of hydrogen-bond acceptors (Lipinski definition) is 6. The Morgan fingerprint density at radius 3 is 2.56 bits per heavy atom. The number of methoxy groups -OCH3 is 1. The third-order valence-corrected chi connectivity index (χ3v) is 7.58. The van der Waals surface area contributed by atoms with Crippen molar-refractivity contribution in [3.8, 4) is 16.9 Å². The number of aryl methyl sites for hydroxylation is 1. The fourth-order valence-electron chi connectivity index (χ4n) is 5.16. The van der Waals surface area contributed by atoms with E-state index in [1.807, 2.05) is 24.3 Å². The van der Waals surface area contributed by atoms with Crippen LogP contribution in [-0.2, 0) is 28.7 Å². The summed E-state index contributed by atoms with van der Waals surface area (Å²) in [4.78, 5) is 32.7. The standard InChI is InChI=1S/C30H30F3N3O5/c1-18-28(20-5-3-6-21(16-20)30(31,32)33)41-29(39)36(18)17-24-22(9-11-26(34-24)35-13-4-14-35)23-15-19(8-12-27(37)38)7-10-25(23)40-2/h3,5-7,9-11,15-16,18,28H,4,8,12-14,17H2,1-2H3,(H,37,38). The number of halogens is 3. The lowest BCUT2D eigenvalue weighted by atomic mass is 9.97. The molecule has 2 aliphatic rings. The van der Waals surface area contributed by atoms with Gasteiger partial charge in [-0.3, -0.25) is 9.69 Å². The summed E-state index contributed by atoms with van der Waals surface area (Å²) in [6.45, 7) is 3.51. The smallest absolute Gasteiger partial charge is 0.416 e. The van der Waals surface area contributed by atoms with E-state index in [2.05, 4.69) is 4.90 Å². The number of alkyl halides is 3. The Balaban J connectivity index is 1.50. The summed E-state index contributed by atoms with van der Waals surface area (Å²) in [5.74, 6) is 0.411. The molecular weight excluding hydrogens is 539 g/mol. The van der Waals surface area contributed by atoms with Gasteiger partial charge < -0.3 is 19.5 Å². The number of carbonyl (C=O) groups is 2. The molecule has 2 atom stereocenters. The van der Waals surface area contributed by atoms with Crippen LogP contribution in [0.1, 0.15) is 48.3 Å². The largest absolute Gasteiger partial charge is 0.496 e. The van der Waals surface area contributed by atoms with Gasteiger partial charge in [-0.25, -0.2) is 9.78 Å². The Hall–Kier alpha value is -4.28. The highest BCUT2D eigenvalue weighted by molar-refractivity contribution is 5.76. The zero-order chi connectivity index (χ0) is 29.3.